The molecule has 1 aliphatic heterocycles. The molecule has 1 aliphatic rings. The van der Waals surface area contributed by atoms with E-state index in [0.717, 1.165) is 41.9 Å². The van der Waals surface area contributed by atoms with E-state index in [1.54, 1.807) is 11.8 Å². The van der Waals surface area contributed by atoms with Crippen LogP contribution in [0.4, 0.5) is 0 Å². The van der Waals surface area contributed by atoms with Crippen molar-refractivity contribution in [1.29, 1.82) is 0 Å². The predicted molar refractivity (Wildman–Crippen MR) is 103 cm³/mol. The third-order valence-electron chi connectivity index (χ3n) is 2.78. The number of nitrogens with zero attached hydrogens (tertiary/aromatic N) is 2. The van der Waals surface area contributed by atoms with Gasteiger partial charge in [-0.1, -0.05) is 11.6 Å². The standard InChI is InChI=1S/C13H18ClN3S2.HI/c14-11-1-3-12(4-2-11)19-8-5-16-13(15)17-6-9-18-10-7-17;/h1-4H,5-10H2,(H2,15,16);1H. The number of hydrogen-bond acceptors (Lipinski definition) is 3. The molecule has 1 aromatic rings. The SMILES string of the molecule is I.NC(=NCCSc1ccc(Cl)cc1)N1CCSCC1. The van der Waals surface area contributed by atoms with Gasteiger partial charge in [0.1, 0.15) is 0 Å². The van der Waals surface area contributed by atoms with Gasteiger partial charge in [-0.15, -0.1) is 35.7 Å². The zero-order chi connectivity index (χ0) is 13.5. The molecule has 3 nitrogen and oxygen atoms in total. The van der Waals surface area contributed by atoms with Crippen LogP contribution < -0.4 is 5.73 Å². The summed E-state index contributed by atoms with van der Waals surface area (Å²) in [5, 5.41) is 0.773. The fraction of sp³-hybridized carbons (Fsp3) is 0.462. The Labute approximate surface area is 151 Å². The van der Waals surface area contributed by atoms with Crippen LogP contribution >= 0.6 is 59.1 Å². The fourth-order valence-electron chi connectivity index (χ4n) is 1.75. The molecule has 0 spiro atoms. The largest absolute Gasteiger partial charge is 0.370 e. The summed E-state index contributed by atoms with van der Waals surface area (Å²) in [5.74, 6) is 3.92. The van der Waals surface area contributed by atoms with Crippen molar-refractivity contribution >= 4 is 65.1 Å². The molecule has 0 atom stereocenters. The monoisotopic (exact) mass is 443 g/mol. The molecule has 2 N–H and O–H groups in total. The molecule has 1 fully saturated rings. The zero-order valence-electron chi connectivity index (χ0n) is 11.1. The summed E-state index contributed by atoms with van der Waals surface area (Å²) in [5.41, 5.74) is 5.99. The molecule has 2 rings (SSSR count). The molecule has 0 bridgehead atoms. The van der Waals surface area contributed by atoms with Gasteiger partial charge in [-0.25, -0.2) is 0 Å². The third kappa shape index (κ3) is 6.32. The van der Waals surface area contributed by atoms with E-state index in [2.05, 4.69) is 9.89 Å². The number of halogens is 2. The van der Waals surface area contributed by atoms with Gasteiger partial charge in [-0.05, 0) is 24.3 Å². The van der Waals surface area contributed by atoms with Crippen LogP contribution in [0, 0.1) is 0 Å². The van der Waals surface area contributed by atoms with Gasteiger partial charge in [0.25, 0.3) is 0 Å². The maximum absolute atomic E-state index is 5.99. The van der Waals surface area contributed by atoms with Gasteiger partial charge in [-0.3, -0.25) is 4.99 Å². The Hall–Kier alpha value is 0.210. The van der Waals surface area contributed by atoms with Gasteiger partial charge in [0, 0.05) is 40.3 Å². The first-order chi connectivity index (χ1) is 9.25. The van der Waals surface area contributed by atoms with Crippen molar-refractivity contribution in [2.75, 3.05) is 36.9 Å². The van der Waals surface area contributed by atoms with E-state index in [1.165, 1.54) is 4.90 Å². The van der Waals surface area contributed by atoms with Crippen LogP contribution in [0.3, 0.4) is 0 Å². The second-order valence-electron chi connectivity index (χ2n) is 4.14. The van der Waals surface area contributed by atoms with E-state index in [4.69, 9.17) is 17.3 Å². The highest BCUT2D eigenvalue weighted by molar-refractivity contribution is 14.0. The second kappa shape index (κ2) is 10.0. The van der Waals surface area contributed by atoms with E-state index in [-0.39, 0.29) is 24.0 Å². The first-order valence-electron chi connectivity index (χ1n) is 6.27. The van der Waals surface area contributed by atoms with Crippen LogP contribution in [-0.4, -0.2) is 47.8 Å². The third-order valence-corrected chi connectivity index (χ3v) is 4.97. The molecule has 1 aromatic carbocycles. The van der Waals surface area contributed by atoms with E-state index >= 15 is 0 Å². The Morgan fingerprint density at radius 3 is 2.60 bits per heavy atom. The maximum atomic E-state index is 5.99. The quantitative estimate of drug-likeness (QED) is 0.255. The summed E-state index contributed by atoms with van der Waals surface area (Å²) in [7, 11) is 0. The Kier molecular flexibility index (Phi) is 9.15. The lowest BCUT2D eigenvalue weighted by molar-refractivity contribution is 0.456. The first kappa shape index (κ1) is 18.3. The van der Waals surface area contributed by atoms with Crippen molar-refractivity contribution < 1.29 is 0 Å². The molecule has 20 heavy (non-hydrogen) atoms. The lowest BCUT2D eigenvalue weighted by atomic mass is 10.4. The number of guanidine groups is 1. The highest BCUT2D eigenvalue weighted by atomic mass is 127. The lowest BCUT2D eigenvalue weighted by Crippen LogP contribution is -2.42. The Bertz CT molecular complexity index is 422. The van der Waals surface area contributed by atoms with Crippen LogP contribution in [0.1, 0.15) is 0 Å². The normalized spacial score (nSPS) is 15.8. The Balaban J connectivity index is 0.00000200. The van der Waals surface area contributed by atoms with E-state index < -0.39 is 0 Å². The summed E-state index contributed by atoms with van der Waals surface area (Å²) >= 11 is 9.60. The molecule has 0 amide bonds. The fourth-order valence-corrected chi connectivity index (χ4v) is 3.52. The number of thioether (sulfide) groups is 2. The van der Waals surface area contributed by atoms with Gasteiger partial charge in [-0.2, -0.15) is 11.8 Å². The maximum Gasteiger partial charge on any atom is 0.191 e. The lowest BCUT2D eigenvalue weighted by Gasteiger charge is -2.27. The highest BCUT2D eigenvalue weighted by Gasteiger charge is 2.11. The predicted octanol–water partition coefficient (Wildman–Crippen LogP) is 3.41. The smallest absolute Gasteiger partial charge is 0.191 e. The molecule has 0 saturated carbocycles. The van der Waals surface area contributed by atoms with Crippen LogP contribution in [0.25, 0.3) is 0 Å². The van der Waals surface area contributed by atoms with Crippen LogP contribution in [-0.2, 0) is 0 Å². The first-order valence-corrected chi connectivity index (χ1v) is 8.78. The molecule has 1 saturated heterocycles. The summed E-state index contributed by atoms with van der Waals surface area (Å²) in [4.78, 5) is 7.83. The van der Waals surface area contributed by atoms with Gasteiger partial charge < -0.3 is 10.6 Å². The van der Waals surface area contributed by atoms with Crippen LogP contribution in [0.2, 0.25) is 5.02 Å². The molecular weight excluding hydrogens is 425 g/mol. The Morgan fingerprint density at radius 1 is 1.30 bits per heavy atom. The van der Waals surface area contributed by atoms with Crippen molar-refractivity contribution in [3.63, 3.8) is 0 Å². The highest BCUT2D eigenvalue weighted by Crippen LogP contribution is 2.20. The summed E-state index contributed by atoms with van der Waals surface area (Å²) < 4.78 is 0. The van der Waals surface area contributed by atoms with Crippen molar-refractivity contribution in [3.8, 4) is 0 Å². The van der Waals surface area contributed by atoms with E-state index in [1.807, 2.05) is 36.0 Å². The van der Waals surface area contributed by atoms with Crippen molar-refractivity contribution in [1.82, 2.24) is 4.90 Å². The minimum Gasteiger partial charge on any atom is -0.370 e. The summed E-state index contributed by atoms with van der Waals surface area (Å²) in [6, 6.07) is 7.88. The van der Waals surface area contributed by atoms with Crippen molar-refractivity contribution in [2.45, 2.75) is 4.90 Å². The van der Waals surface area contributed by atoms with Crippen molar-refractivity contribution in [3.05, 3.63) is 29.3 Å². The average molecular weight is 444 g/mol. The summed E-state index contributed by atoms with van der Waals surface area (Å²) in [6.45, 7) is 2.79. The number of hydrogen-bond donors (Lipinski definition) is 1. The minimum atomic E-state index is 0. The number of aliphatic imine (C=N–C) groups is 1. The molecule has 0 aromatic heterocycles. The van der Waals surface area contributed by atoms with Gasteiger partial charge >= 0.3 is 0 Å². The molecule has 1 heterocycles. The van der Waals surface area contributed by atoms with Gasteiger partial charge in [0.15, 0.2) is 5.96 Å². The molecular formula is C13H19ClIN3S2. The Morgan fingerprint density at radius 2 is 1.95 bits per heavy atom. The zero-order valence-corrected chi connectivity index (χ0v) is 15.8. The number of benzene rings is 1. The molecule has 7 heteroatoms. The van der Waals surface area contributed by atoms with Crippen LogP contribution in [0.5, 0.6) is 0 Å². The van der Waals surface area contributed by atoms with Gasteiger partial charge in [0.2, 0.25) is 0 Å². The number of nitrogens with two attached hydrogens (primary N) is 1. The summed E-state index contributed by atoms with van der Waals surface area (Å²) in [6.07, 6.45) is 0. The van der Waals surface area contributed by atoms with Gasteiger partial charge in [0.05, 0.1) is 6.54 Å². The molecule has 0 aliphatic carbocycles. The van der Waals surface area contributed by atoms with E-state index in [0.29, 0.717) is 5.96 Å². The van der Waals surface area contributed by atoms with Crippen molar-refractivity contribution in [2.24, 2.45) is 10.7 Å². The topological polar surface area (TPSA) is 41.6 Å². The minimum absolute atomic E-state index is 0. The number of rotatable bonds is 4. The van der Waals surface area contributed by atoms with E-state index in [9.17, 15) is 0 Å². The molecule has 0 radical (unpaired) electrons. The molecule has 112 valence electrons. The second-order valence-corrected chi connectivity index (χ2v) is 6.97. The molecule has 0 unspecified atom stereocenters. The average Bonchev–Trinajstić information content (AvgIpc) is 2.46. The van der Waals surface area contributed by atoms with Crippen LogP contribution in [0.15, 0.2) is 34.2 Å².